The summed E-state index contributed by atoms with van der Waals surface area (Å²) >= 11 is 0. The van der Waals surface area contributed by atoms with Crippen molar-refractivity contribution in [3.63, 3.8) is 0 Å². The number of carbonyl (C=O) groups is 1. The molecule has 1 fully saturated rings. The van der Waals surface area contributed by atoms with Crippen LogP contribution >= 0.6 is 0 Å². The van der Waals surface area contributed by atoms with Crippen molar-refractivity contribution in [1.82, 2.24) is 4.90 Å². The number of ether oxygens (including phenoxy) is 3. The van der Waals surface area contributed by atoms with Crippen LogP contribution in [0.3, 0.4) is 0 Å². The Morgan fingerprint density at radius 1 is 1.12 bits per heavy atom. The van der Waals surface area contributed by atoms with Gasteiger partial charge in [-0.1, -0.05) is 12.1 Å². The lowest BCUT2D eigenvalue weighted by molar-refractivity contribution is 0.0302. The van der Waals surface area contributed by atoms with Crippen molar-refractivity contribution in [3.8, 4) is 11.5 Å². The Kier molecular flexibility index (Phi) is 5.50. The summed E-state index contributed by atoms with van der Waals surface area (Å²) in [5, 5.41) is 0. The van der Waals surface area contributed by atoms with E-state index < -0.39 is 0 Å². The van der Waals surface area contributed by atoms with Crippen molar-refractivity contribution in [2.75, 3.05) is 33.4 Å². The summed E-state index contributed by atoms with van der Waals surface area (Å²) in [7, 11) is 1.53. The molecule has 0 spiro atoms. The van der Waals surface area contributed by atoms with Gasteiger partial charge in [0.25, 0.3) is 5.91 Å². The molecule has 0 aromatic heterocycles. The molecule has 5 nitrogen and oxygen atoms in total. The maximum Gasteiger partial charge on any atom is 0.254 e. The zero-order valence-electron chi connectivity index (χ0n) is 14.0. The molecule has 25 heavy (non-hydrogen) atoms. The highest BCUT2D eigenvalue weighted by atomic mass is 19.1. The molecule has 1 heterocycles. The largest absolute Gasteiger partial charge is 0.493 e. The van der Waals surface area contributed by atoms with E-state index in [1.807, 2.05) is 0 Å². The number of amides is 1. The first-order valence-electron chi connectivity index (χ1n) is 8.09. The van der Waals surface area contributed by atoms with Gasteiger partial charge in [0.05, 0.1) is 20.3 Å². The molecule has 1 aliphatic rings. The molecule has 3 rings (SSSR count). The van der Waals surface area contributed by atoms with Crippen LogP contribution in [0.1, 0.15) is 15.9 Å². The summed E-state index contributed by atoms with van der Waals surface area (Å²) in [6, 6.07) is 11.2. The standard InChI is InChI=1S/C19H20FNO4/c1-23-18-12-15(19(22)21-8-10-24-11-9-21)4-7-17(18)25-13-14-2-5-16(20)6-3-14/h2-7,12H,8-11,13H2,1H3. The molecule has 2 aromatic carbocycles. The third-order valence-electron chi connectivity index (χ3n) is 4.02. The molecular weight excluding hydrogens is 325 g/mol. The summed E-state index contributed by atoms with van der Waals surface area (Å²) in [5.41, 5.74) is 1.39. The van der Waals surface area contributed by atoms with Gasteiger partial charge >= 0.3 is 0 Å². The highest BCUT2D eigenvalue weighted by Gasteiger charge is 2.20. The number of carbonyl (C=O) groups excluding carboxylic acids is 1. The second-order valence-electron chi connectivity index (χ2n) is 5.69. The molecule has 0 saturated carbocycles. The summed E-state index contributed by atoms with van der Waals surface area (Å²) < 4.78 is 29.3. The molecule has 0 unspecified atom stereocenters. The maximum atomic E-state index is 12.9. The van der Waals surface area contributed by atoms with Crippen LogP contribution in [0.2, 0.25) is 0 Å². The SMILES string of the molecule is COc1cc(C(=O)N2CCOCC2)ccc1OCc1ccc(F)cc1. The lowest BCUT2D eigenvalue weighted by Crippen LogP contribution is -2.40. The quantitative estimate of drug-likeness (QED) is 0.836. The smallest absolute Gasteiger partial charge is 0.254 e. The normalized spacial score (nSPS) is 14.2. The molecule has 0 radical (unpaired) electrons. The van der Waals surface area contributed by atoms with Gasteiger partial charge in [0.1, 0.15) is 12.4 Å². The number of morpholine rings is 1. The Bertz CT molecular complexity index is 727. The van der Waals surface area contributed by atoms with Gasteiger partial charge in [-0.3, -0.25) is 4.79 Å². The first kappa shape index (κ1) is 17.2. The molecular formula is C19H20FNO4. The molecule has 1 aliphatic heterocycles. The Morgan fingerprint density at radius 2 is 1.84 bits per heavy atom. The molecule has 6 heteroatoms. The van der Waals surface area contributed by atoms with E-state index >= 15 is 0 Å². The van der Waals surface area contributed by atoms with Crippen molar-refractivity contribution >= 4 is 5.91 Å². The number of hydrogen-bond acceptors (Lipinski definition) is 4. The van der Waals surface area contributed by atoms with E-state index in [0.29, 0.717) is 43.4 Å². The average Bonchev–Trinajstić information content (AvgIpc) is 2.67. The van der Waals surface area contributed by atoms with Crippen LogP contribution in [0.15, 0.2) is 42.5 Å². The second kappa shape index (κ2) is 7.98. The molecule has 132 valence electrons. The molecule has 0 bridgehead atoms. The zero-order valence-corrected chi connectivity index (χ0v) is 14.0. The van der Waals surface area contributed by atoms with Crippen LogP contribution in [0.25, 0.3) is 0 Å². The predicted molar refractivity (Wildman–Crippen MR) is 90.4 cm³/mol. The summed E-state index contributed by atoms with van der Waals surface area (Å²) in [6.07, 6.45) is 0. The fraction of sp³-hybridized carbons (Fsp3) is 0.316. The minimum Gasteiger partial charge on any atom is -0.493 e. The Labute approximate surface area is 145 Å². The first-order chi connectivity index (χ1) is 12.2. The summed E-state index contributed by atoms with van der Waals surface area (Å²) in [4.78, 5) is 14.3. The van der Waals surface area contributed by atoms with Crippen LogP contribution in [0, 0.1) is 5.82 Å². The lowest BCUT2D eigenvalue weighted by Gasteiger charge is -2.27. The number of hydrogen-bond donors (Lipinski definition) is 0. The fourth-order valence-corrected chi connectivity index (χ4v) is 2.61. The predicted octanol–water partition coefficient (Wildman–Crippen LogP) is 2.89. The van der Waals surface area contributed by atoms with Crippen molar-refractivity contribution in [3.05, 3.63) is 59.4 Å². The molecule has 1 amide bonds. The zero-order chi connectivity index (χ0) is 17.6. The highest BCUT2D eigenvalue weighted by Crippen LogP contribution is 2.29. The Balaban J connectivity index is 1.70. The van der Waals surface area contributed by atoms with E-state index in [2.05, 4.69) is 0 Å². The minimum absolute atomic E-state index is 0.0494. The van der Waals surface area contributed by atoms with Gasteiger partial charge in [0, 0.05) is 18.7 Å². The summed E-state index contributed by atoms with van der Waals surface area (Å²) in [6.45, 7) is 2.57. The number of methoxy groups -OCH3 is 1. The lowest BCUT2D eigenvalue weighted by atomic mass is 10.1. The van der Waals surface area contributed by atoms with Gasteiger partial charge in [-0.2, -0.15) is 0 Å². The summed E-state index contributed by atoms with van der Waals surface area (Å²) in [5.74, 6) is 0.686. The maximum absolute atomic E-state index is 12.9. The van der Waals surface area contributed by atoms with Crippen LogP contribution in [-0.4, -0.2) is 44.2 Å². The van der Waals surface area contributed by atoms with Crippen LogP contribution < -0.4 is 9.47 Å². The fourth-order valence-electron chi connectivity index (χ4n) is 2.61. The third kappa shape index (κ3) is 4.28. The van der Waals surface area contributed by atoms with Crippen molar-refractivity contribution < 1.29 is 23.4 Å². The van der Waals surface area contributed by atoms with Crippen LogP contribution in [-0.2, 0) is 11.3 Å². The average molecular weight is 345 g/mol. The van der Waals surface area contributed by atoms with Crippen LogP contribution in [0.4, 0.5) is 4.39 Å². The second-order valence-corrected chi connectivity index (χ2v) is 5.69. The van der Waals surface area contributed by atoms with Crippen LogP contribution in [0.5, 0.6) is 11.5 Å². The number of halogens is 1. The van der Waals surface area contributed by atoms with E-state index in [1.165, 1.54) is 19.2 Å². The monoisotopic (exact) mass is 345 g/mol. The molecule has 1 saturated heterocycles. The van der Waals surface area contributed by atoms with Gasteiger partial charge < -0.3 is 19.1 Å². The molecule has 0 N–H and O–H groups in total. The van der Waals surface area contributed by atoms with Gasteiger partial charge in [-0.15, -0.1) is 0 Å². The number of nitrogens with zero attached hydrogens (tertiary/aromatic N) is 1. The molecule has 0 atom stereocenters. The van der Waals surface area contributed by atoms with Crippen molar-refractivity contribution in [2.45, 2.75) is 6.61 Å². The van der Waals surface area contributed by atoms with E-state index in [4.69, 9.17) is 14.2 Å². The molecule has 2 aromatic rings. The number of benzene rings is 2. The first-order valence-corrected chi connectivity index (χ1v) is 8.09. The van der Waals surface area contributed by atoms with E-state index in [1.54, 1.807) is 35.2 Å². The van der Waals surface area contributed by atoms with Gasteiger partial charge in [-0.05, 0) is 35.9 Å². The van der Waals surface area contributed by atoms with Crippen molar-refractivity contribution in [2.24, 2.45) is 0 Å². The van der Waals surface area contributed by atoms with Crippen molar-refractivity contribution in [1.29, 1.82) is 0 Å². The Hall–Kier alpha value is -2.60. The minimum atomic E-state index is -0.285. The van der Waals surface area contributed by atoms with Gasteiger partial charge in [0.15, 0.2) is 11.5 Å². The third-order valence-corrected chi connectivity index (χ3v) is 4.02. The van der Waals surface area contributed by atoms with Gasteiger partial charge in [-0.25, -0.2) is 4.39 Å². The Morgan fingerprint density at radius 3 is 2.52 bits per heavy atom. The molecule has 0 aliphatic carbocycles. The highest BCUT2D eigenvalue weighted by molar-refractivity contribution is 5.95. The van der Waals surface area contributed by atoms with E-state index in [9.17, 15) is 9.18 Å². The topological polar surface area (TPSA) is 48.0 Å². The van der Waals surface area contributed by atoms with E-state index in [0.717, 1.165) is 5.56 Å². The number of rotatable bonds is 5. The van der Waals surface area contributed by atoms with E-state index in [-0.39, 0.29) is 18.3 Å². The van der Waals surface area contributed by atoms with Gasteiger partial charge in [0.2, 0.25) is 0 Å².